The maximum Gasteiger partial charge on any atom is 0.143 e. The van der Waals surface area contributed by atoms with Gasteiger partial charge >= 0.3 is 0 Å². The van der Waals surface area contributed by atoms with E-state index in [4.69, 9.17) is 140 Å². The summed E-state index contributed by atoms with van der Waals surface area (Å²) in [6, 6.07) is 0. The van der Waals surface area contributed by atoms with Gasteiger partial charge in [-0.15, -0.1) is 340 Å². The largest absolute Gasteiger partial charge is 0.242 e. The highest BCUT2D eigenvalue weighted by molar-refractivity contribution is 7.25. The molecule has 30 nitrogen and oxygen atoms in total. The van der Waals surface area contributed by atoms with Crippen LogP contribution < -0.4 is 0 Å². The first-order chi connectivity index (χ1) is 74.0. The van der Waals surface area contributed by atoms with E-state index >= 15 is 0 Å². The molecule has 0 aliphatic carbocycles. The predicted octanol–water partition coefficient (Wildman–Crippen LogP) is 33.5. The lowest BCUT2D eigenvalue weighted by Gasteiger charge is -1.91. The van der Waals surface area contributed by atoms with E-state index in [1.165, 1.54) is 215 Å². The van der Waals surface area contributed by atoms with Crippen LogP contribution in [0.4, 0.5) is 0 Å². The molecule has 30 aromatic heterocycles. The summed E-state index contributed by atoms with van der Waals surface area (Å²) in [5.74, 6) is 0. The molecule has 721 valence electrons. The molecule has 0 saturated carbocycles. The Morgan fingerprint density at radius 1 is 0.107 bits per heavy atom. The molecule has 0 amide bonds. The fourth-order valence-corrected chi connectivity index (χ4v) is 39.0. The Morgan fingerprint density at radius 3 is 0.293 bits per heavy atom. The Labute approximate surface area is 960 Å². The Kier molecular flexibility index (Phi) is 24.8. The molecule has 0 unspecified atom stereocenters. The second-order valence-corrected chi connectivity index (χ2v) is 56.3. The van der Waals surface area contributed by atoms with Crippen LogP contribution in [0.5, 0.6) is 0 Å². The zero-order valence-electron chi connectivity index (χ0n) is 73.1. The van der Waals surface area contributed by atoms with Crippen LogP contribution in [0.25, 0.3) is 310 Å². The molecule has 30 heterocycles. The van der Waals surface area contributed by atoms with Crippen molar-refractivity contribution < 1.29 is 0 Å². The topological polar surface area (TPSA) is 387 Å². The second kappa shape index (κ2) is 39.8. The van der Waals surface area contributed by atoms with Crippen LogP contribution >= 0.6 is 340 Å². The fourth-order valence-electron chi connectivity index (χ4n) is 14.3. The molecule has 150 heavy (non-hydrogen) atoms. The smallest absolute Gasteiger partial charge is 0.143 e. The molecule has 60 heteroatoms. The lowest BCUT2D eigenvalue weighted by atomic mass is 10.4. The molecule has 0 N–H and O–H groups in total. The van der Waals surface area contributed by atoms with E-state index in [2.05, 4.69) is 16.2 Å². The third-order valence-corrected chi connectivity index (χ3v) is 46.8. The molecule has 0 aromatic carbocycles. The van der Waals surface area contributed by atoms with Crippen LogP contribution in [0, 0.1) is 6.20 Å². The minimum atomic E-state index is 0.780. The molecule has 30 aromatic rings. The first-order valence-corrected chi connectivity index (χ1v) is 69.0. The molecule has 0 atom stereocenters. The van der Waals surface area contributed by atoms with E-state index in [0.717, 1.165) is 310 Å². The van der Waals surface area contributed by atoms with Crippen LogP contribution in [-0.2, 0) is 0 Å². The van der Waals surface area contributed by atoms with Crippen molar-refractivity contribution >= 4 is 340 Å². The highest BCUT2D eigenvalue weighted by atomic mass is 32.2. The van der Waals surface area contributed by atoms with Gasteiger partial charge in [0.25, 0.3) is 0 Å². The SMILES string of the molecule is [c]1csc(-c2csc(-c3csc(-c4csc(-c5csc(-c6csc(-c7csc(-c8csc(-c9csc(-c%10csc(-c%11csc(-c%12csc(-c%13csc(-c%14csc(-c%15csc(-c%16csc(-c%17csc(-c%18csc(-c%19csc(-c%20csc(-c%21csc(-c%22csc(-c%23csc(-c%24csc(-c%25csc(-c%26csc(-c%27csc(-c%28csc(-c%29csc(-c%30cscn%30)n%29)n%28)n%27)n%26)n%25)n%24)n%23)n%22)n%21)n%20)n%19)n%18)n%17)n%16)n%15)n%14)n%13)n%12)n%11)n%10)n9)n8)n7)n6)n5)n4)n3)n2)n1. The van der Waals surface area contributed by atoms with Crippen molar-refractivity contribution in [1.82, 2.24) is 150 Å². The van der Waals surface area contributed by atoms with Gasteiger partial charge in [0.15, 0.2) is 0 Å². The van der Waals surface area contributed by atoms with Crippen molar-refractivity contribution in [2.75, 3.05) is 0 Å². The Balaban J connectivity index is 0.306. The van der Waals surface area contributed by atoms with Gasteiger partial charge in [0.1, 0.15) is 317 Å². The van der Waals surface area contributed by atoms with E-state index in [-0.39, 0.29) is 0 Å². The summed E-state index contributed by atoms with van der Waals surface area (Å²) in [6.07, 6.45) is 2.87. The average molecular weight is 2490 g/mol. The molecule has 0 bridgehead atoms. The summed E-state index contributed by atoms with van der Waals surface area (Å²) in [7, 11) is 0. The summed E-state index contributed by atoms with van der Waals surface area (Å²) in [5, 5.41) is 84.1. The third-order valence-electron chi connectivity index (χ3n) is 21.3. The lowest BCUT2D eigenvalue weighted by molar-refractivity contribution is 1.28. The first kappa shape index (κ1) is 93.7. The Morgan fingerprint density at radius 2 is 0.207 bits per heavy atom. The molecule has 0 aliphatic rings. The molecular formula is C90H31N30S30. The molecular weight excluding hydrogens is 2460 g/mol. The number of hydrogen-bond acceptors (Lipinski definition) is 60. The van der Waals surface area contributed by atoms with Crippen LogP contribution in [0.15, 0.2) is 167 Å². The third kappa shape index (κ3) is 18.4. The average Bonchev–Trinajstić information content (AvgIpc) is 1.65. The Hall–Kier alpha value is -11.1. The van der Waals surface area contributed by atoms with Gasteiger partial charge in [-0.05, 0) is 0 Å². The van der Waals surface area contributed by atoms with Crippen LogP contribution in [0.1, 0.15) is 0 Å². The second-order valence-electron chi connectivity index (χ2n) is 30.7. The minimum absolute atomic E-state index is 0.780. The maximum atomic E-state index is 5.03. The molecule has 0 saturated heterocycles. The van der Waals surface area contributed by atoms with Crippen molar-refractivity contribution in [2.24, 2.45) is 0 Å². The van der Waals surface area contributed by atoms with Crippen molar-refractivity contribution in [3.63, 3.8) is 0 Å². The van der Waals surface area contributed by atoms with Crippen molar-refractivity contribution in [1.29, 1.82) is 0 Å². The van der Waals surface area contributed by atoms with Gasteiger partial charge in [-0.25, -0.2) is 150 Å². The normalized spacial score (nSPS) is 11.9. The van der Waals surface area contributed by atoms with Gasteiger partial charge in [-0.3, -0.25) is 0 Å². The maximum absolute atomic E-state index is 5.03. The lowest BCUT2D eigenvalue weighted by Crippen LogP contribution is -1.83. The highest BCUT2D eigenvalue weighted by Crippen LogP contribution is 2.49. The summed E-state index contributed by atoms with van der Waals surface area (Å²) < 4.78 is 0. The number of thiazole rings is 30. The van der Waals surface area contributed by atoms with Crippen LogP contribution in [0.3, 0.4) is 0 Å². The number of aromatic nitrogens is 30. The monoisotopic (exact) mass is 2490 g/mol. The zero-order chi connectivity index (χ0) is 98.5. The van der Waals surface area contributed by atoms with E-state index in [1.54, 1.807) is 125 Å². The van der Waals surface area contributed by atoms with Gasteiger partial charge in [0, 0.05) is 161 Å². The van der Waals surface area contributed by atoms with Gasteiger partial charge in [-0.1, -0.05) is 0 Å². The highest BCUT2D eigenvalue weighted by Gasteiger charge is 2.29. The molecule has 0 aliphatic heterocycles. The molecule has 0 spiro atoms. The van der Waals surface area contributed by atoms with Gasteiger partial charge < -0.3 is 0 Å². The predicted molar refractivity (Wildman–Crippen MR) is 633 cm³/mol. The number of rotatable bonds is 29. The van der Waals surface area contributed by atoms with Crippen molar-refractivity contribution in [2.45, 2.75) is 0 Å². The summed E-state index contributed by atoms with van der Waals surface area (Å²) in [4.78, 5) is 148. The van der Waals surface area contributed by atoms with Crippen LogP contribution in [0.2, 0.25) is 0 Å². The van der Waals surface area contributed by atoms with E-state index in [9.17, 15) is 0 Å². The summed E-state index contributed by atoms with van der Waals surface area (Å²) in [5.41, 5.74) is 24.9. The van der Waals surface area contributed by atoms with E-state index in [1.807, 2.05) is 167 Å². The van der Waals surface area contributed by atoms with Gasteiger partial charge in [0.2, 0.25) is 0 Å². The molecule has 0 fully saturated rings. The van der Waals surface area contributed by atoms with Gasteiger partial charge in [-0.2, -0.15) is 0 Å². The molecule has 30 rings (SSSR count). The van der Waals surface area contributed by atoms with Crippen molar-refractivity contribution in [3.05, 3.63) is 173 Å². The number of hydrogen-bond donors (Lipinski definition) is 0. The summed E-state index contributed by atoms with van der Waals surface area (Å²) >= 11 is 46.2. The minimum Gasteiger partial charge on any atom is -0.242 e. The van der Waals surface area contributed by atoms with E-state index in [0.29, 0.717) is 0 Å². The molecule has 1 radical (unpaired) electrons. The number of nitrogens with zero attached hydrogens (tertiary/aromatic N) is 30. The fraction of sp³-hybridized carbons (Fsp3) is 0. The van der Waals surface area contributed by atoms with E-state index < -0.39 is 0 Å². The first-order valence-electron chi connectivity index (χ1n) is 42.6. The quantitative estimate of drug-likeness (QED) is 0.0420. The Bertz CT molecular complexity index is 8970. The van der Waals surface area contributed by atoms with Crippen LogP contribution in [-0.4, -0.2) is 150 Å². The standard InChI is InChI=1S/C90H31N30S30/c1-2-122-62(91-1)34-4-124-64(93-34)36-6-126-66(95-36)38-8-128-68(97-38)40-10-130-70(99-40)42-12-132-72(101-42)44-14-134-74(103-44)46-16-136-76(105-46)48-18-138-78(107-48)50-20-140-80(109-50)52-22-142-82(111-52)54-24-144-84(113-54)56-26-146-86(115-56)58-28-148-88(117-58)60-30-150-90(119-60)61-31-149-89(120-61)59-29-147-87(118-59)57-27-145-85(116-57)55-25-143-83(114-55)53-23-141-81(112-53)51-21-139-79(110-51)49-19-137-77(108-49)47-17-135-75(106-47)45-15-133-73(104-45)43-13-131-71(102-43)41-11-129-69(100-41)39-9-127-67(98-39)37-7-125-65(96-37)35-5-123-63(94-35)33-3-121-32-92-33/h2-32H. The summed E-state index contributed by atoms with van der Waals surface area (Å²) in [6.45, 7) is 0. The van der Waals surface area contributed by atoms with Crippen molar-refractivity contribution in [3.8, 4) is 310 Å². The van der Waals surface area contributed by atoms with Gasteiger partial charge in [0.05, 0.1) is 5.51 Å². The zero-order valence-corrected chi connectivity index (χ0v) is 97.6.